The number of aromatic carboxylic acids is 1. The number of carbonyl (C=O) groups is 3. The molecule has 0 saturated heterocycles. The lowest BCUT2D eigenvalue weighted by atomic mass is 9.89. The topological polar surface area (TPSA) is 103 Å². The molecule has 1 amide bonds. The van der Waals surface area contributed by atoms with Crippen LogP contribution < -0.4 is 20.1 Å². The van der Waals surface area contributed by atoms with Gasteiger partial charge in [0.1, 0.15) is 25.4 Å². The normalized spacial score (nSPS) is 11.0. The fourth-order valence-electron chi connectivity index (χ4n) is 4.84. The molecule has 218 valence electrons. The van der Waals surface area contributed by atoms with Gasteiger partial charge in [-0.1, -0.05) is 48.2 Å². The van der Waals surface area contributed by atoms with Gasteiger partial charge in [-0.05, 0) is 41.5 Å². The molecule has 5 rings (SSSR count). The molecule has 0 spiro atoms. The van der Waals surface area contributed by atoms with Gasteiger partial charge in [0.25, 0.3) is 5.91 Å². The molecule has 0 bridgehead atoms. The van der Waals surface area contributed by atoms with Crippen LogP contribution in [0.3, 0.4) is 0 Å². The standard InChI is InChI=1S/C34H31N3O5S/c1-36(2)23-11-14-26-29(17-23)42-30-18-24(37(3)4)12-15-27(30)32(26)25-13-10-22(16-28(25)34(40)41)33(39)35-19-31(38)43-20-21-8-6-5-7-9-21/h5-18H,19-20H2,1-4H3,(H-,35,39,40,41)/p+1. The molecule has 1 aliphatic carbocycles. The van der Waals surface area contributed by atoms with Crippen molar-refractivity contribution in [3.63, 3.8) is 0 Å². The Kier molecular flexibility index (Phi) is 8.63. The number of hydrogen-bond donors (Lipinski definition) is 2. The molecule has 8 nitrogen and oxygen atoms in total. The summed E-state index contributed by atoms with van der Waals surface area (Å²) in [6.45, 7) is -0.168. The summed E-state index contributed by atoms with van der Waals surface area (Å²) in [6, 6.07) is 25.8. The van der Waals surface area contributed by atoms with Gasteiger partial charge in [-0.15, -0.1) is 0 Å². The van der Waals surface area contributed by atoms with Gasteiger partial charge in [-0.25, -0.2) is 9.37 Å². The summed E-state index contributed by atoms with van der Waals surface area (Å²) < 4.78 is 8.32. The van der Waals surface area contributed by atoms with E-state index in [1.807, 2.05) is 104 Å². The van der Waals surface area contributed by atoms with Crippen LogP contribution in [0.2, 0.25) is 0 Å². The minimum Gasteiger partial charge on any atom is -0.478 e. The molecule has 1 aliphatic heterocycles. The average molecular weight is 595 g/mol. The molecular weight excluding hydrogens is 562 g/mol. The van der Waals surface area contributed by atoms with Gasteiger partial charge in [-0.3, -0.25) is 9.59 Å². The van der Waals surface area contributed by atoms with Gasteiger partial charge in [0, 0.05) is 59.7 Å². The van der Waals surface area contributed by atoms with Crippen LogP contribution in [0.25, 0.3) is 33.4 Å². The largest absolute Gasteiger partial charge is 0.478 e. The number of anilines is 1. The third-order valence-electron chi connectivity index (χ3n) is 7.14. The monoisotopic (exact) mass is 594 g/mol. The Morgan fingerprint density at radius 1 is 0.907 bits per heavy atom. The minimum atomic E-state index is -1.17. The SMILES string of the molecule is CN(C)c1ccc2c(-c3ccc(C(=O)NCC(=O)SCc4ccccc4)cc3C(=O)O)c3ccc(=[N+](C)C)cc-3oc2c1. The van der Waals surface area contributed by atoms with Gasteiger partial charge in [-0.2, -0.15) is 0 Å². The van der Waals surface area contributed by atoms with E-state index in [0.717, 1.165) is 39.3 Å². The third kappa shape index (κ3) is 6.47. The molecule has 0 radical (unpaired) electrons. The Bertz CT molecular complexity index is 1890. The predicted molar refractivity (Wildman–Crippen MR) is 172 cm³/mol. The number of fused-ring (bicyclic) bond motifs is 2. The van der Waals surface area contributed by atoms with Gasteiger partial charge in [0.2, 0.25) is 10.5 Å². The number of nitrogens with zero attached hydrogens (tertiary/aromatic N) is 2. The maximum absolute atomic E-state index is 13.0. The summed E-state index contributed by atoms with van der Waals surface area (Å²) in [5.74, 6) is -0.581. The molecule has 0 saturated carbocycles. The van der Waals surface area contributed by atoms with E-state index >= 15 is 0 Å². The number of amides is 1. The summed E-state index contributed by atoms with van der Waals surface area (Å²) in [6.07, 6.45) is 0. The van der Waals surface area contributed by atoms with E-state index in [1.54, 1.807) is 12.1 Å². The molecule has 0 aromatic heterocycles. The molecule has 0 unspecified atom stereocenters. The number of benzene rings is 4. The number of carboxylic acids is 1. The van der Waals surface area contributed by atoms with E-state index < -0.39 is 11.9 Å². The van der Waals surface area contributed by atoms with Gasteiger partial charge >= 0.3 is 5.97 Å². The molecule has 9 heteroatoms. The van der Waals surface area contributed by atoms with Crippen LogP contribution in [0.4, 0.5) is 5.69 Å². The fraction of sp³-hybridized carbons (Fsp3) is 0.176. The Hall–Kier alpha value is -4.89. The van der Waals surface area contributed by atoms with Crippen LogP contribution in [0.5, 0.6) is 0 Å². The highest BCUT2D eigenvalue weighted by atomic mass is 32.2. The van der Waals surface area contributed by atoms with E-state index in [9.17, 15) is 19.5 Å². The van der Waals surface area contributed by atoms with Crippen LogP contribution in [-0.4, -0.2) is 56.8 Å². The van der Waals surface area contributed by atoms with E-state index in [2.05, 4.69) is 5.32 Å². The number of rotatable bonds is 8. The van der Waals surface area contributed by atoms with Crippen molar-refractivity contribution in [3.8, 4) is 22.5 Å². The van der Waals surface area contributed by atoms with Crippen LogP contribution in [-0.2, 0) is 10.5 Å². The number of carboxylic acid groups (broad SMARTS) is 1. The molecule has 43 heavy (non-hydrogen) atoms. The Labute approximate surface area is 253 Å². The first kappa shape index (κ1) is 29.6. The highest BCUT2D eigenvalue weighted by Crippen LogP contribution is 2.42. The van der Waals surface area contributed by atoms with Crippen LogP contribution in [0.1, 0.15) is 26.3 Å². The summed E-state index contributed by atoms with van der Waals surface area (Å²) in [5, 5.41) is 14.4. The minimum absolute atomic E-state index is 0.0281. The fourth-order valence-corrected chi connectivity index (χ4v) is 5.53. The van der Waals surface area contributed by atoms with Crippen molar-refractivity contribution in [2.45, 2.75) is 5.75 Å². The summed E-state index contributed by atoms with van der Waals surface area (Å²) >= 11 is 1.12. The van der Waals surface area contributed by atoms with Crippen molar-refractivity contribution in [3.05, 3.63) is 107 Å². The van der Waals surface area contributed by atoms with E-state index in [4.69, 9.17) is 4.42 Å². The molecule has 3 aromatic carbocycles. The summed E-state index contributed by atoms with van der Waals surface area (Å²) in [5.41, 5.74) is 4.58. The van der Waals surface area contributed by atoms with Crippen molar-refractivity contribution in [1.29, 1.82) is 0 Å². The maximum Gasteiger partial charge on any atom is 0.336 e. The van der Waals surface area contributed by atoms with Crippen molar-refractivity contribution in [1.82, 2.24) is 9.89 Å². The third-order valence-corrected chi connectivity index (χ3v) is 8.08. The quantitative estimate of drug-likeness (QED) is 0.188. The van der Waals surface area contributed by atoms with Crippen molar-refractivity contribution in [2.75, 3.05) is 39.6 Å². The van der Waals surface area contributed by atoms with Crippen LogP contribution in [0, 0.1) is 0 Å². The molecule has 2 N–H and O–H groups in total. The number of hydrogen-bond acceptors (Lipinski definition) is 6. The smallest absolute Gasteiger partial charge is 0.336 e. The van der Waals surface area contributed by atoms with Crippen molar-refractivity contribution in [2.24, 2.45) is 0 Å². The highest BCUT2D eigenvalue weighted by Gasteiger charge is 2.24. The lowest BCUT2D eigenvalue weighted by Gasteiger charge is -2.19. The zero-order valence-corrected chi connectivity index (χ0v) is 25.2. The first-order chi connectivity index (χ1) is 20.6. The van der Waals surface area contributed by atoms with E-state index in [1.165, 1.54) is 6.07 Å². The van der Waals surface area contributed by atoms with Gasteiger partial charge < -0.3 is 19.7 Å². The van der Waals surface area contributed by atoms with Gasteiger partial charge in [0.15, 0.2) is 0 Å². The van der Waals surface area contributed by atoms with Crippen LogP contribution >= 0.6 is 11.8 Å². The molecular formula is C34H32N3O5S+. The Morgan fingerprint density at radius 2 is 1.65 bits per heavy atom. The number of thioether (sulfide) groups is 1. The first-order valence-corrected chi connectivity index (χ1v) is 14.6. The average Bonchev–Trinajstić information content (AvgIpc) is 3.01. The zero-order chi connectivity index (χ0) is 30.7. The Balaban J connectivity index is 1.52. The van der Waals surface area contributed by atoms with Crippen molar-refractivity contribution < 1.29 is 23.9 Å². The maximum atomic E-state index is 13.0. The number of nitrogens with one attached hydrogen (secondary N) is 1. The second-order valence-electron chi connectivity index (χ2n) is 10.5. The predicted octanol–water partition coefficient (Wildman–Crippen LogP) is 5.19. The highest BCUT2D eigenvalue weighted by molar-refractivity contribution is 8.13. The lowest BCUT2D eigenvalue weighted by molar-refractivity contribution is -0.110. The van der Waals surface area contributed by atoms with E-state index in [0.29, 0.717) is 28.2 Å². The number of carbonyl (C=O) groups excluding carboxylic acids is 2. The van der Waals surface area contributed by atoms with Crippen molar-refractivity contribution >= 4 is 45.4 Å². The zero-order valence-electron chi connectivity index (χ0n) is 24.4. The Morgan fingerprint density at radius 3 is 2.35 bits per heavy atom. The lowest BCUT2D eigenvalue weighted by Crippen LogP contribution is -2.28. The first-order valence-electron chi connectivity index (χ1n) is 13.7. The van der Waals surface area contributed by atoms with Crippen LogP contribution in [0.15, 0.2) is 89.3 Å². The second kappa shape index (κ2) is 12.5. The molecule has 3 aromatic rings. The molecule has 1 heterocycles. The molecule has 0 atom stereocenters. The molecule has 2 aliphatic rings. The second-order valence-corrected chi connectivity index (χ2v) is 11.6. The molecule has 0 fully saturated rings. The summed E-state index contributed by atoms with van der Waals surface area (Å²) in [7, 11) is 7.76. The van der Waals surface area contributed by atoms with Gasteiger partial charge in [0.05, 0.1) is 18.2 Å². The van der Waals surface area contributed by atoms with E-state index in [-0.39, 0.29) is 22.8 Å². The summed E-state index contributed by atoms with van der Waals surface area (Å²) in [4.78, 5) is 39.9.